The third kappa shape index (κ3) is 7.49. The number of benzene rings is 1. The molecule has 1 aromatic carbocycles. The summed E-state index contributed by atoms with van der Waals surface area (Å²) in [5.74, 6) is 1.14. The third-order valence-corrected chi connectivity index (χ3v) is 4.57. The van der Waals surface area contributed by atoms with E-state index in [2.05, 4.69) is 24.8 Å². The smallest absolute Gasteiger partial charge is 0.343 e. The number of ether oxygens (including phenoxy) is 5. The van der Waals surface area contributed by atoms with Crippen LogP contribution in [0.5, 0.6) is 17.5 Å². The van der Waals surface area contributed by atoms with Crippen LogP contribution in [0.2, 0.25) is 0 Å². The molecule has 11 heteroatoms. The second-order valence-corrected chi connectivity index (χ2v) is 6.73. The van der Waals surface area contributed by atoms with Gasteiger partial charge in [-0.1, -0.05) is 12.1 Å². The van der Waals surface area contributed by atoms with E-state index in [0.29, 0.717) is 23.7 Å². The first-order valence-electron chi connectivity index (χ1n) is 10.3. The first kappa shape index (κ1) is 26.7. The molecule has 0 atom stereocenters. The van der Waals surface area contributed by atoms with Gasteiger partial charge in [0.15, 0.2) is 0 Å². The molecule has 0 bridgehead atoms. The lowest BCUT2D eigenvalue weighted by molar-refractivity contribution is 0.0587. The van der Waals surface area contributed by atoms with Gasteiger partial charge in [0.2, 0.25) is 11.8 Å². The van der Waals surface area contributed by atoms with Crippen LogP contribution in [0.15, 0.2) is 48.5 Å². The van der Waals surface area contributed by atoms with Gasteiger partial charge in [0.25, 0.3) is 0 Å². The number of carbonyl (C=O) groups excluding carboxylic acids is 2. The van der Waals surface area contributed by atoms with E-state index < -0.39 is 11.9 Å². The number of carbonyl (C=O) groups is 2. The molecule has 186 valence electrons. The number of rotatable bonds is 8. The zero-order chi connectivity index (χ0) is 25.8. The van der Waals surface area contributed by atoms with Crippen molar-refractivity contribution in [2.24, 2.45) is 0 Å². The highest BCUT2D eigenvalue weighted by Crippen LogP contribution is 2.20. The van der Waals surface area contributed by atoms with E-state index in [1.807, 2.05) is 24.3 Å². The molecule has 0 radical (unpaired) electrons. The summed E-state index contributed by atoms with van der Waals surface area (Å²) in [4.78, 5) is 30.8. The van der Waals surface area contributed by atoms with Crippen LogP contribution in [0.1, 0.15) is 26.3 Å². The number of esters is 2. The second-order valence-electron chi connectivity index (χ2n) is 6.73. The summed E-state index contributed by atoms with van der Waals surface area (Å²) in [5, 5.41) is 3.17. The molecule has 35 heavy (non-hydrogen) atoms. The molecule has 0 amide bonds. The fourth-order valence-electron chi connectivity index (χ4n) is 2.77. The number of nitrogens with one attached hydrogen (secondary N) is 1. The van der Waals surface area contributed by atoms with Gasteiger partial charge in [-0.05, 0) is 42.0 Å². The molecule has 3 rings (SSSR count). The molecule has 3 N–H and O–H groups in total. The van der Waals surface area contributed by atoms with Gasteiger partial charge < -0.3 is 34.7 Å². The number of nitrogens with two attached hydrogens (primary N) is 1. The molecule has 0 aliphatic rings. The van der Waals surface area contributed by atoms with Crippen LogP contribution in [-0.4, -0.2) is 57.5 Å². The molecular weight excluding hydrogens is 456 g/mol. The van der Waals surface area contributed by atoms with Gasteiger partial charge in [-0.2, -0.15) is 9.97 Å². The van der Waals surface area contributed by atoms with Gasteiger partial charge in [0, 0.05) is 6.54 Å². The number of aromatic nitrogens is 2. The van der Waals surface area contributed by atoms with Gasteiger partial charge in [0.05, 0.1) is 35.5 Å². The Hall–Kier alpha value is -4.54. The topological polar surface area (TPSA) is 144 Å². The summed E-state index contributed by atoms with van der Waals surface area (Å²) in [7, 11) is 7.11. The van der Waals surface area contributed by atoms with Gasteiger partial charge in [-0.15, -0.1) is 0 Å². The minimum Gasteiger partial charge on any atom is -0.497 e. The lowest BCUT2D eigenvalue weighted by Gasteiger charge is -2.10. The lowest BCUT2D eigenvalue weighted by Crippen LogP contribution is -2.08. The Labute approximate surface area is 203 Å². The number of nitrogen functional groups attached to an aromatic ring is 1. The van der Waals surface area contributed by atoms with Crippen molar-refractivity contribution in [3.05, 3.63) is 65.2 Å². The predicted octanol–water partition coefficient (Wildman–Crippen LogP) is 2.96. The van der Waals surface area contributed by atoms with Crippen LogP contribution >= 0.6 is 0 Å². The number of pyridine rings is 2. The summed E-state index contributed by atoms with van der Waals surface area (Å²) in [6.07, 6.45) is 0. The largest absolute Gasteiger partial charge is 0.497 e. The van der Waals surface area contributed by atoms with Gasteiger partial charge in [0.1, 0.15) is 28.5 Å². The first-order valence-corrected chi connectivity index (χ1v) is 10.3. The number of anilines is 2. The molecule has 0 saturated carbocycles. The zero-order valence-electron chi connectivity index (χ0n) is 20.2. The maximum atomic E-state index is 11.6. The van der Waals surface area contributed by atoms with Gasteiger partial charge >= 0.3 is 11.9 Å². The van der Waals surface area contributed by atoms with E-state index in [1.165, 1.54) is 40.6 Å². The normalized spacial score (nSPS) is 9.74. The molecular formula is C24H28N4O7. The summed E-state index contributed by atoms with van der Waals surface area (Å²) in [5.41, 5.74) is 7.04. The number of hydrogen-bond donors (Lipinski definition) is 2. The third-order valence-electron chi connectivity index (χ3n) is 4.57. The first-order chi connectivity index (χ1) is 16.9. The summed E-state index contributed by atoms with van der Waals surface area (Å²) >= 11 is 0. The van der Waals surface area contributed by atoms with Crippen LogP contribution in [0.3, 0.4) is 0 Å². The van der Waals surface area contributed by atoms with Crippen molar-refractivity contribution in [2.75, 3.05) is 46.6 Å². The van der Waals surface area contributed by atoms with E-state index in [9.17, 15) is 9.59 Å². The molecule has 0 spiro atoms. The van der Waals surface area contributed by atoms with Crippen molar-refractivity contribution in [1.29, 1.82) is 0 Å². The van der Waals surface area contributed by atoms with E-state index >= 15 is 0 Å². The molecule has 0 saturated heterocycles. The highest BCUT2D eigenvalue weighted by atomic mass is 16.5. The van der Waals surface area contributed by atoms with Gasteiger partial charge in [-0.3, -0.25) is 0 Å². The average Bonchev–Trinajstić information content (AvgIpc) is 2.91. The standard InChI is InChI=1S/C16H18N2O4.C8H10N2O3/c1-20-12-6-4-11(5-7-12)10-17-14-9-8-13(16(19)22-3)15(18-14)21-2;1-12-7-5(8(11)13-2)3-4-6(9)10-7/h4-9H,10H2,1-3H3,(H,17,18);3-4H,1-2H3,(H2,9,10). The minimum absolute atomic E-state index is 0.173. The number of nitrogens with zero attached hydrogens (tertiary/aromatic N) is 2. The average molecular weight is 485 g/mol. The van der Waals surface area contributed by atoms with Crippen molar-refractivity contribution in [3.8, 4) is 17.5 Å². The van der Waals surface area contributed by atoms with Crippen molar-refractivity contribution in [3.63, 3.8) is 0 Å². The van der Waals surface area contributed by atoms with Crippen molar-refractivity contribution < 1.29 is 33.3 Å². The van der Waals surface area contributed by atoms with Crippen LogP contribution in [0.25, 0.3) is 0 Å². The molecule has 0 fully saturated rings. The summed E-state index contributed by atoms with van der Waals surface area (Å²) in [6, 6.07) is 14.1. The fourth-order valence-corrected chi connectivity index (χ4v) is 2.77. The maximum Gasteiger partial charge on any atom is 0.343 e. The Kier molecular flexibility index (Phi) is 10.1. The Morgan fingerprint density at radius 1 is 0.743 bits per heavy atom. The molecule has 2 aromatic heterocycles. The molecule has 2 heterocycles. The van der Waals surface area contributed by atoms with Crippen molar-refractivity contribution in [2.45, 2.75) is 6.54 Å². The quantitative estimate of drug-likeness (QED) is 0.455. The van der Waals surface area contributed by atoms with Crippen LogP contribution in [0.4, 0.5) is 11.6 Å². The highest BCUT2D eigenvalue weighted by molar-refractivity contribution is 5.92. The highest BCUT2D eigenvalue weighted by Gasteiger charge is 2.15. The summed E-state index contributed by atoms with van der Waals surface area (Å²) < 4.78 is 24.3. The van der Waals surface area contributed by atoms with E-state index in [1.54, 1.807) is 19.2 Å². The Morgan fingerprint density at radius 3 is 1.80 bits per heavy atom. The molecule has 0 unspecified atom stereocenters. The Morgan fingerprint density at radius 2 is 1.29 bits per heavy atom. The minimum atomic E-state index is -0.496. The fraction of sp³-hybridized carbons (Fsp3) is 0.250. The Balaban J connectivity index is 0.000000283. The predicted molar refractivity (Wildman–Crippen MR) is 129 cm³/mol. The van der Waals surface area contributed by atoms with Crippen LogP contribution in [0, 0.1) is 0 Å². The van der Waals surface area contributed by atoms with Gasteiger partial charge in [-0.25, -0.2) is 9.59 Å². The number of methoxy groups -OCH3 is 5. The van der Waals surface area contributed by atoms with Crippen LogP contribution in [-0.2, 0) is 16.0 Å². The molecule has 0 aliphatic carbocycles. The molecule has 3 aromatic rings. The molecule has 11 nitrogen and oxygen atoms in total. The van der Waals surface area contributed by atoms with Crippen LogP contribution < -0.4 is 25.3 Å². The van der Waals surface area contributed by atoms with E-state index in [-0.39, 0.29) is 17.3 Å². The number of hydrogen-bond acceptors (Lipinski definition) is 11. The maximum absolute atomic E-state index is 11.6. The van der Waals surface area contributed by atoms with Crippen molar-refractivity contribution in [1.82, 2.24) is 9.97 Å². The SMILES string of the molecule is COC(=O)c1ccc(N)nc1OC.COC(=O)c1ccc(NCc2ccc(OC)cc2)nc1OC. The second kappa shape index (κ2) is 13.2. The van der Waals surface area contributed by atoms with E-state index in [0.717, 1.165) is 11.3 Å². The Bertz CT molecular complexity index is 1140. The summed E-state index contributed by atoms with van der Waals surface area (Å²) in [6.45, 7) is 0.595. The van der Waals surface area contributed by atoms with Crippen molar-refractivity contribution >= 4 is 23.6 Å². The zero-order valence-corrected chi connectivity index (χ0v) is 20.2. The van der Waals surface area contributed by atoms with E-state index in [4.69, 9.17) is 19.9 Å². The monoisotopic (exact) mass is 484 g/mol. The lowest BCUT2D eigenvalue weighted by atomic mass is 10.2. The molecule has 0 aliphatic heterocycles.